The Hall–Kier alpha value is -3.32. The van der Waals surface area contributed by atoms with Crippen LogP contribution < -0.4 is 10.2 Å². The minimum absolute atomic E-state index is 0.127. The van der Waals surface area contributed by atoms with Gasteiger partial charge in [0.2, 0.25) is 11.8 Å². The molecule has 0 spiro atoms. The lowest BCUT2D eigenvalue weighted by atomic mass is 10.1. The number of amides is 1. The Labute approximate surface area is 172 Å². The molecular weight excluding hydrogens is 384 g/mol. The van der Waals surface area contributed by atoms with Crippen molar-refractivity contribution in [2.45, 2.75) is 5.22 Å². The number of carbonyl (C=O) groups is 1. The zero-order chi connectivity index (χ0) is 20.2. The molecule has 0 saturated carbocycles. The van der Waals surface area contributed by atoms with E-state index in [1.807, 2.05) is 79.7 Å². The fourth-order valence-corrected chi connectivity index (χ4v) is 3.44. The number of fused-ring (bicyclic) bond motifs is 1. The third-order valence-corrected chi connectivity index (χ3v) is 5.22. The third-order valence-electron chi connectivity index (χ3n) is 4.40. The van der Waals surface area contributed by atoms with Gasteiger partial charge in [-0.25, -0.2) is 0 Å². The molecule has 1 N–H and O–H groups in total. The summed E-state index contributed by atoms with van der Waals surface area (Å²) in [4.78, 5) is 14.2. The number of benzene rings is 3. The van der Waals surface area contributed by atoms with E-state index in [1.165, 1.54) is 11.8 Å². The van der Waals surface area contributed by atoms with Crippen LogP contribution in [0.3, 0.4) is 0 Å². The molecule has 4 rings (SSSR count). The molecule has 1 aromatic heterocycles. The Morgan fingerprint density at radius 1 is 1.00 bits per heavy atom. The topological polar surface area (TPSA) is 71.3 Å². The first-order valence-corrected chi connectivity index (χ1v) is 10.1. The summed E-state index contributed by atoms with van der Waals surface area (Å²) in [6.07, 6.45) is 0. The monoisotopic (exact) mass is 404 g/mol. The van der Waals surface area contributed by atoms with Crippen LogP contribution >= 0.6 is 11.8 Å². The zero-order valence-corrected chi connectivity index (χ0v) is 16.9. The van der Waals surface area contributed by atoms with Crippen LogP contribution in [0.2, 0.25) is 0 Å². The van der Waals surface area contributed by atoms with Gasteiger partial charge in [-0.05, 0) is 47.2 Å². The smallest absolute Gasteiger partial charge is 0.277 e. The second-order valence-electron chi connectivity index (χ2n) is 6.71. The quantitative estimate of drug-likeness (QED) is 0.470. The summed E-state index contributed by atoms with van der Waals surface area (Å²) in [5.41, 5.74) is 2.68. The Kier molecular flexibility index (Phi) is 5.48. The molecule has 0 bridgehead atoms. The zero-order valence-electron chi connectivity index (χ0n) is 16.1. The Morgan fingerprint density at radius 3 is 2.52 bits per heavy atom. The maximum Gasteiger partial charge on any atom is 0.277 e. The number of anilines is 2. The van der Waals surface area contributed by atoms with Crippen LogP contribution in [-0.4, -0.2) is 36.0 Å². The Morgan fingerprint density at radius 2 is 1.76 bits per heavy atom. The van der Waals surface area contributed by atoms with Crippen molar-refractivity contribution in [3.63, 3.8) is 0 Å². The van der Waals surface area contributed by atoms with E-state index in [9.17, 15) is 4.79 Å². The molecule has 146 valence electrons. The summed E-state index contributed by atoms with van der Waals surface area (Å²) in [6, 6.07) is 21.8. The predicted molar refractivity (Wildman–Crippen MR) is 117 cm³/mol. The average molecular weight is 404 g/mol. The van der Waals surface area contributed by atoms with E-state index in [0.29, 0.717) is 11.1 Å². The van der Waals surface area contributed by atoms with Gasteiger partial charge in [-0.3, -0.25) is 4.79 Å². The summed E-state index contributed by atoms with van der Waals surface area (Å²) in [5.74, 6) is 0.505. The Bertz CT molecular complexity index is 1140. The number of thioether (sulfide) groups is 1. The van der Waals surface area contributed by atoms with Gasteiger partial charge >= 0.3 is 0 Å². The largest absolute Gasteiger partial charge is 0.411 e. The molecule has 1 amide bonds. The van der Waals surface area contributed by atoms with Crippen molar-refractivity contribution in [2.75, 3.05) is 30.1 Å². The summed E-state index contributed by atoms with van der Waals surface area (Å²) in [6.45, 7) is 0. The van der Waals surface area contributed by atoms with E-state index in [0.717, 1.165) is 27.7 Å². The number of nitrogens with zero attached hydrogens (tertiary/aromatic N) is 3. The number of aromatic nitrogens is 2. The molecule has 0 atom stereocenters. The van der Waals surface area contributed by atoms with E-state index >= 15 is 0 Å². The van der Waals surface area contributed by atoms with Gasteiger partial charge in [-0.1, -0.05) is 42.1 Å². The molecule has 0 saturated heterocycles. The predicted octanol–water partition coefficient (Wildman–Crippen LogP) is 4.69. The Balaban J connectivity index is 1.36. The molecule has 6 nitrogen and oxygen atoms in total. The second-order valence-corrected chi connectivity index (χ2v) is 7.64. The van der Waals surface area contributed by atoms with Crippen molar-refractivity contribution >= 4 is 39.8 Å². The van der Waals surface area contributed by atoms with Crippen molar-refractivity contribution in [3.05, 3.63) is 66.7 Å². The molecule has 1 heterocycles. The van der Waals surface area contributed by atoms with Crippen LogP contribution in [0, 0.1) is 0 Å². The number of carbonyl (C=O) groups excluding carboxylic acids is 1. The van der Waals surface area contributed by atoms with Crippen LogP contribution in [-0.2, 0) is 4.79 Å². The maximum atomic E-state index is 12.2. The van der Waals surface area contributed by atoms with Crippen molar-refractivity contribution in [2.24, 2.45) is 0 Å². The first kappa shape index (κ1) is 19.0. The SMILES string of the molecule is CN(C)c1ccc(NC(=O)CSc2nnc(-c3ccc4ccccc4c3)o2)cc1. The average Bonchev–Trinajstić information content (AvgIpc) is 3.21. The lowest BCUT2D eigenvalue weighted by Gasteiger charge is -2.12. The highest BCUT2D eigenvalue weighted by atomic mass is 32.2. The van der Waals surface area contributed by atoms with E-state index in [-0.39, 0.29) is 11.7 Å². The lowest BCUT2D eigenvalue weighted by molar-refractivity contribution is -0.113. The molecule has 0 aliphatic carbocycles. The summed E-state index contributed by atoms with van der Waals surface area (Å²) >= 11 is 1.21. The molecule has 0 unspecified atom stereocenters. The van der Waals surface area contributed by atoms with Crippen molar-refractivity contribution in [1.29, 1.82) is 0 Å². The molecule has 0 aliphatic rings. The van der Waals surface area contributed by atoms with Gasteiger partial charge in [0.15, 0.2) is 0 Å². The minimum Gasteiger partial charge on any atom is -0.411 e. The van der Waals surface area contributed by atoms with E-state index < -0.39 is 0 Å². The highest BCUT2D eigenvalue weighted by Crippen LogP contribution is 2.26. The summed E-state index contributed by atoms with van der Waals surface area (Å²) in [7, 11) is 3.95. The fourth-order valence-electron chi connectivity index (χ4n) is 2.87. The number of rotatable bonds is 6. The molecule has 0 radical (unpaired) electrons. The minimum atomic E-state index is -0.127. The molecule has 0 fully saturated rings. The number of hydrogen-bond donors (Lipinski definition) is 1. The summed E-state index contributed by atoms with van der Waals surface area (Å²) < 4.78 is 5.72. The molecule has 7 heteroatoms. The highest BCUT2D eigenvalue weighted by molar-refractivity contribution is 7.99. The molecule has 0 aliphatic heterocycles. The van der Waals surface area contributed by atoms with Crippen LogP contribution in [0.4, 0.5) is 11.4 Å². The molecule has 4 aromatic rings. The normalized spacial score (nSPS) is 10.8. The number of hydrogen-bond acceptors (Lipinski definition) is 6. The number of nitrogens with one attached hydrogen (secondary N) is 1. The van der Waals surface area contributed by atoms with Gasteiger partial charge in [0.1, 0.15) is 0 Å². The molecular formula is C22H20N4O2S. The van der Waals surface area contributed by atoms with E-state index in [1.54, 1.807) is 0 Å². The van der Waals surface area contributed by atoms with Gasteiger partial charge in [0.25, 0.3) is 5.22 Å². The highest BCUT2D eigenvalue weighted by Gasteiger charge is 2.12. The van der Waals surface area contributed by atoms with Gasteiger partial charge in [-0.2, -0.15) is 0 Å². The van der Waals surface area contributed by atoms with Crippen molar-refractivity contribution in [3.8, 4) is 11.5 Å². The van der Waals surface area contributed by atoms with Crippen LogP contribution in [0.1, 0.15) is 0 Å². The lowest BCUT2D eigenvalue weighted by Crippen LogP contribution is -2.14. The summed E-state index contributed by atoms with van der Waals surface area (Å²) in [5, 5.41) is 13.6. The van der Waals surface area contributed by atoms with Crippen LogP contribution in [0.5, 0.6) is 0 Å². The second kappa shape index (κ2) is 8.36. The molecule has 29 heavy (non-hydrogen) atoms. The standard InChI is InChI=1S/C22H20N4O2S/c1-26(2)19-11-9-18(10-12-19)23-20(27)14-29-22-25-24-21(28-22)17-8-7-15-5-3-4-6-16(15)13-17/h3-13H,14H2,1-2H3,(H,23,27). The van der Waals surface area contributed by atoms with Crippen LogP contribution in [0.15, 0.2) is 76.4 Å². The van der Waals surface area contributed by atoms with Crippen molar-refractivity contribution in [1.82, 2.24) is 10.2 Å². The molecule has 3 aromatic carbocycles. The van der Waals surface area contributed by atoms with Crippen molar-refractivity contribution < 1.29 is 9.21 Å². The van der Waals surface area contributed by atoms with E-state index in [2.05, 4.69) is 21.6 Å². The van der Waals surface area contributed by atoms with Gasteiger partial charge in [-0.15, -0.1) is 10.2 Å². The van der Waals surface area contributed by atoms with E-state index in [4.69, 9.17) is 4.42 Å². The first-order valence-electron chi connectivity index (χ1n) is 9.11. The van der Waals surface area contributed by atoms with Crippen LogP contribution in [0.25, 0.3) is 22.2 Å². The maximum absolute atomic E-state index is 12.2. The van der Waals surface area contributed by atoms with Gasteiger partial charge in [0, 0.05) is 31.0 Å². The van der Waals surface area contributed by atoms with Gasteiger partial charge in [0.05, 0.1) is 5.75 Å². The third kappa shape index (κ3) is 4.57. The first-order chi connectivity index (χ1) is 14.1. The fraction of sp³-hybridized carbons (Fsp3) is 0.136. The van der Waals surface area contributed by atoms with Gasteiger partial charge < -0.3 is 14.6 Å².